The molecule has 0 aliphatic heterocycles. The third-order valence-corrected chi connectivity index (χ3v) is 1.89. The normalized spacial score (nSPS) is 9.31. The lowest BCUT2D eigenvalue weighted by atomic mass is 10.2. The molecule has 0 unspecified atom stereocenters. The number of carbonyl (C=O) groups is 1. The SMILES string of the molecule is CCC(=O)c1cc(Cl)c(C#N)cn1. The van der Waals surface area contributed by atoms with Gasteiger partial charge in [-0.05, 0) is 6.07 Å². The van der Waals surface area contributed by atoms with E-state index < -0.39 is 0 Å². The van der Waals surface area contributed by atoms with Crippen molar-refractivity contribution in [2.45, 2.75) is 13.3 Å². The molecule has 0 aromatic carbocycles. The lowest BCUT2D eigenvalue weighted by molar-refractivity contribution is 0.0983. The highest BCUT2D eigenvalue weighted by atomic mass is 35.5. The number of ketones is 1. The molecule has 3 nitrogen and oxygen atoms in total. The average molecular weight is 195 g/mol. The van der Waals surface area contributed by atoms with Gasteiger partial charge in [-0.15, -0.1) is 0 Å². The Bertz CT molecular complexity index is 382. The Morgan fingerprint density at radius 2 is 2.46 bits per heavy atom. The van der Waals surface area contributed by atoms with E-state index in [-0.39, 0.29) is 16.4 Å². The zero-order chi connectivity index (χ0) is 9.84. The van der Waals surface area contributed by atoms with Gasteiger partial charge in [-0.2, -0.15) is 5.26 Å². The lowest BCUT2D eigenvalue weighted by Crippen LogP contribution is -2.00. The number of hydrogen-bond donors (Lipinski definition) is 0. The lowest BCUT2D eigenvalue weighted by Gasteiger charge is -1.98. The van der Waals surface area contributed by atoms with Crippen LogP contribution in [0, 0.1) is 11.3 Å². The van der Waals surface area contributed by atoms with Gasteiger partial charge in [-0.3, -0.25) is 9.78 Å². The minimum atomic E-state index is -0.0774. The summed E-state index contributed by atoms with van der Waals surface area (Å²) in [5.41, 5.74) is 0.598. The van der Waals surface area contributed by atoms with Gasteiger partial charge in [0.05, 0.1) is 10.6 Å². The smallest absolute Gasteiger partial charge is 0.180 e. The topological polar surface area (TPSA) is 53.8 Å². The number of aromatic nitrogens is 1. The summed E-state index contributed by atoms with van der Waals surface area (Å²) in [7, 11) is 0. The maximum atomic E-state index is 11.2. The van der Waals surface area contributed by atoms with Crippen LogP contribution in [0.25, 0.3) is 0 Å². The summed E-state index contributed by atoms with van der Waals surface area (Å²) >= 11 is 5.72. The predicted octanol–water partition coefficient (Wildman–Crippen LogP) is 2.20. The van der Waals surface area contributed by atoms with E-state index in [9.17, 15) is 4.79 Å². The molecule has 0 spiro atoms. The Hall–Kier alpha value is -1.40. The molecule has 1 aromatic rings. The molecular formula is C9H7ClN2O. The van der Waals surface area contributed by atoms with E-state index in [1.807, 2.05) is 6.07 Å². The van der Waals surface area contributed by atoms with Gasteiger partial charge >= 0.3 is 0 Å². The van der Waals surface area contributed by atoms with Gasteiger partial charge in [0.15, 0.2) is 5.78 Å². The number of rotatable bonds is 2. The number of Topliss-reactive ketones (excluding diaryl/α,β-unsaturated/α-hetero) is 1. The van der Waals surface area contributed by atoms with Crippen LogP contribution in [0.3, 0.4) is 0 Å². The highest BCUT2D eigenvalue weighted by molar-refractivity contribution is 6.32. The molecular weight excluding hydrogens is 188 g/mol. The fraction of sp³-hybridized carbons (Fsp3) is 0.222. The summed E-state index contributed by atoms with van der Waals surface area (Å²) in [6.07, 6.45) is 1.69. The van der Waals surface area contributed by atoms with Crippen LogP contribution in [-0.2, 0) is 0 Å². The minimum absolute atomic E-state index is 0.0774. The van der Waals surface area contributed by atoms with Crippen molar-refractivity contribution < 1.29 is 4.79 Å². The van der Waals surface area contributed by atoms with Crippen LogP contribution in [0.15, 0.2) is 12.3 Å². The quantitative estimate of drug-likeness (QED) is 0.679. The monoisotopic (exact) mass is 194 g/mol. The second-order valence-electron chi connectivity index (χ2n) is 2.44. The van der Waals surface area contributed by atoms with Gasteiger partial charge in [0.1, 0.15) is 11.8 Å². The van der Waals surface area contributed by atoms with Crippen molar-refractivity contribution in [3.63, 3.8) is 0 Å². The van der Waals surface area contributed by atoms with Crippen LogP contribution < -0.4 is 0 Å². The molecule has 0 atom stereocenters. The molecule has 1 heterocycles. The summed E-state index contributed by atoms with van der Waals surface area (Å²) in [5.74, 6) is -0.0774. The standard InChI is InChI=1S/C9H7ClN2O/c1-2-9(13)8-3-7(10)6(4-11)5-12-8/h3,5H,2H2,1H3. The molecule has 0 saturated heterocycles. The van der Waals surface area contributed by atoms with Gasteiger partial charge in [-0.25, -0.2) is 0 Å². The molecule has 13 heavy (non-hydrogen) atoms. The molecule has 0 aliphatic carbocycles. The number of halogens is 1. The van der Waals surface area contributed by atoms with Crippen molar-refractivity contribution in [1.29, 1.82) is 5.26 Å². The van der Waals surface area contributed by atoms with Gasteiger partial charge in [0.2, 0.25) is 0 Å². The van der Waals surface area contributed by atoms with E-state index in [4.69, 9.17) is 16.9 Å². The molecule has 0 aliphatic rings. The number of nitriles is 1. The highest BCUT2D eigenvalue weighted by Gasteiger charge is 2.07. The highest BCUT2D eigenvalue weighted by Crippen LogP contribution is 2.15. The second kappa shape index (κ2) is 4.01. The van der Waals surface area contributed by atoms with E-state index in [1.54, 1.807) is 6.92 Å². The average Bonchev–Trinajstić information content (AvgIpc) is 2.16. The molecule has 4 heteroatoms. The Kier molecular flexibility index (Phi) is 2.99. The van der Waals surface area contributed by atoms with Crippen LogP contribution in [0.5, 0.6) is 0 Å². The Labute approximate surface area is 81.0 Å². The van der Waals surface area contributed by atoms with Crippen LogP contribution >= 0.6 is 11.6 Å². The molecule has 66 valence electrons. The van der Waals surface area contributed by atoms with Crippen molar-refractivity contribution in [2.24, 2.45) is 0 Å². The Morgan fingerprint density at radius 3 is 2.92 bits per heavy atom. The third kappa shape index (κ3) is 2.04. The van der Waals surface area contributed by atoms with Crippen LogP contribution in [0.4, 0.5) is 0 Å². The van der Waals surface area contributed by atoms with E-state index in [0.717, 1.165) is 0 Å². The van der Waals surface area contributed by atoms with E-state index in [1.165, 1.54) is 12.3 Å². The first-order chi connectivity index (χ1) is 6.19. The zero-order valence-corrected chi connectivity index (χ0v) is 7.80. The Balaban J connectivity index is 3.11. The first kappa shape index (κ1) is 9.69. The second-order valence-corrected chi connectivity index (χ2v) is 2.85. The third-order valence-electron chi connectivity index (χ3n) is 1.58. The summed E-state index contributed by atoms with van der Waals surface area (Å²) in [4.78, 5) is 15.0. The number of carbonyl (C=O) groups excluding carboxylic acids is 1. The predicted molar refractivity (Wildman–Crippen MR) is 48.6 cm³/mol. The van der Waals surface area contributed by atoms with E-state index >= 15 is 0 Å². The summed E-state index contributed by atoms with van der Waals surface area (Å²) < 4.78 is 0. The molecule has 1 rings (SSSR count). The van der Waals surface area contributed by atoms with Gasteiger partial charge < -0.3 is 0 Å². The van der Waals surface area contributed by atoms with Gasteiger partial charge in [-0.1, -0.05) is 18.5 Å². The van der Waals surface area contributed by atoms with Crippen LogP contribution in [0.1, 0.15) is 29.4 Å². The zero-order valence-electron chi connectivity index (χ0n) is 7.04. The van der Waals surface area contributed by atoms with Gasteiger partial charge in [0.25, 0.3) is 0 Å². The number of hydrogen-bond acceptors (Lipinski definition) is 3. The molecule has 0 radical (unpaired) electrons. The maximum Gasteiger partial charge on any atom is 0.180 e. The number of pyridine rings is 1. The van der Waals surface area contributed by atoms with Crippen molar-refractivity contribution in [2.75, 3.05) is 0 Å². The van der Waals surface area contributed by atoms with Gasteiger partial charge in [0, 0.05) is 12.6 Å². The first-order valence-electron chi connectivity index (χ1n) is 3.78. The minimum Gasteiger partial charge on any atom is -0.292 e. The molecule has 0 N–H and O–H groups in total. The van der Waals surface area contributed by atoms with Crippen molar-refractivity contribution >= 4 is 17.4 Å². The summed E-state index contributed by atoms with van der Waals surface area (Å²) in [6.45, 7) is 1.75. The van der Waals surface area contributed by atoms with E-state index in [0.29, 0.717) is 12.1 Å². The molecule has 1 aromatic heterocycles. The first-order valence-corrected chi connectivity index (χ1v) is 4.15. The van der Waals surface area contributed by atoms with E-state index in [2.05, 4.69) is 4.98 Å². The van der Waals surface area contributed by atoms with Crippen LogP contribution in [0.2, 0.25) is 5.02 Å². The molecule has 0 amide bonds. The molecule has 0 saturated carbocycles. The largest absolute Gasteiger partial charge is 0.292 e. The summed E-state index contributed by atoms with van der Waals surface area (Å²) in [6, 6.07) is 3.30. The number of nitrogens with zero attached hydrogens (tertiary/aromatic N) is 2. The fourth-order valence-electron chi connectivity index (χ4n) is 0.847. The van der Waals surface area contributed by atoms with Crippen molar-refractivity contribution in [3.8, 4) is 6.07 Å². The summed E-state index contributed by atoms with van der Waals surface area (Å²) in [5, 5.41) is 8.82. The van der Waals surface area contributed by atoms with Crippen molar-refractivity contribution in [1.82, 2.24) is 4.98 Å². The fourth-order valence-corrected chi connectivity index (χ4v) is 1.04. The Morgan fingerprint density at radius 1 is 1.77 bits per heavy atom. The van der Waals surface area contributed by atoms with Crippen LogP contribution in [-0.4, -0.2) is 10.8 Å². The maximum absolute atomic E-state index is 11.2. The molecule has 0 fully saturated rings. The van der Waals surface area contributed by atoms with Crippen molar-refractivity contribution in [3.05, 3.63) is 28.5 Å². The molecule has 0 bridgehead atoms.